The fourth-order valence-electron chi connectivity index (χ4n) is 4.77. The minimum atomic E-state index is -0.176. The molecule has 0 radical (unpaired) electrons. The predicted octanol–water partition coefficient (Wildman–Crippen LogP) is 1.97. The molecule has 2 aromatic rings. The van der Waals surface area contributed by atoms with Gasteiger partial charge in [0, 0.05) is 31.5 Å². The third-order valence-electron chi connectivity index (χ3n) is 6.08. The van der Waals surface area contributed by atoms with E-state index in [0.29, 0.717) is 27.5 Å². The summed E-state index contributed by atoms with van der Waals surface area (Å²) in [5.74, 6) is 1.10. The Hall–Kier alpha value is -1.99. The lowest BCUT2D eigenvalue weighted by Crippen LogP contribution is -2.45. The summed E-state index contributed by atoms with van der Waals surface area (Å²) in [6, 6.07) is 7.28. The summed E-state index contributed by atoms with van der Waals surface area (Å²) in [7, 11) is 0. The number of aliphatic hydroxyl groups is 1. The molecule has 2 aliphatic carbocycles. The van der Waals surface area contributed by atoms with Crippen LogP contribution in [0, 0.1) is 22.5 Å². The van der Waals surface area contributed by atoms with Crippen LogP contribution in [0.1, 0.15) is 25.7 Å². The summed E-state index contributed by atoms with van der Waals surface area (Å²) >= 11 is 5.29. The second-order valence-electron chi connectivity index (χ2n) is 7.46. The summed E-state index contributed by atoms with van der Waals surface area (Å²) in [6.07, 6.45) is 3.58. The van der Waals surface area contributed by atoms with Crippen LogP contribution in [0.2, 0.25) is 0 Å². The zero-order valence-electron chi connectivity index (χ0n) is 14.5. The fraction of sp³-hybridized carbons (Fsp3) is 0.526. The molecule has 2 aliphatic rings. The molecule has 6 nitrogen and oxygen atoms in total. The Morgan fingerprint density at radius 1 is 1.31 bits per heavy atom. The maximum absolute atomic E-state index is 12.6. The first-order valence-corrected chi connectivity index (χ1v) is 9.61. The van der Waals surface area contributed by atoms with Gasteiger partial charge in [0.15, 0.2) is 4.77 Å². The number of benzene rings is 1. The molecule has 2 saturated carbocycles. The van der Waals surface area contributed by atoms with Crippen LogP contribution in [0.4, 0.5) is 0 Å². The van der Waals surface area contributed by atoms with Crippen molar-refractivity contribution in [2.24, 2.45) is 17.8 Å². The molecule has 1 amide bonds. The van der Waals surface area contributed by atoms with E-state index in [4.69, 9.17) is 12.2 Å². The van der Waals surface area contributed by atoms with E-state index in [2.05, 4.69) is 10.3 Å². The first-order chi connectivity index (χ1) is 12.6. The minimum Gasteiger partial charge on any atom is -0.396 e. The minimum absolute atomic E-state index is 0.0640. The van der Waals surface area contributed by atoms with Crippen molar-refractivity contribution in [3.63, 3.8) is 0 Å². The van der Waals surface area contributed by atoms with E-state index in [1.807, 2.05) is 18.2 Å². The molecule has 7 heteroatoms. The van der Waals surface area contributed by atoms with E-state index in [1.165, 1.54) is 4.57 Å². The first-order valence-electron chi connectivity index (χ1n) is 9.20. The van der Waals surface area contributed by atoms with E-state index in [9.17, 15) is 14.7 Å². The van der Waals surface area contributed by atoms with Crippen LogP contribution in [-0.4, -0.2) is 33.2 Å². The maximum atomic E-state index is 12.6. The average molecular weight is 373 g/mol. The highest BCUT2D eigenvalue weighted by atomic mass is 32.1. The van der Waals surface area contributed by atoms with E-state index in [0.717, 1.165) is 19.3 Å². The van der Waals surface area contributed by atoms with Gasteiger partial charge in [-0.25, -0.2) is 0 Å². The van der Waals surface area contributed by atoms with Crippen LogP contribution < -0.4 is 10.9 Å². The lowest BCUT2D eigenvalue weighted by molar-refractivity contribution is -0.122. The van der Waals surface area contributed by atoms with Crippen LogP contribution in [-0.2, 0) is 11.3 Å². The number of H-pyrrole nitrogens is 1. The van der Waals surface area contributed by atoms with Crippen molar-refractivity contribution in [3.05, 3.63) is 39.4 Å². The molecule has 1 heterocycles. The molecule has 0 saturated heterocycles. The van der Waals surface area contributed by atoms with Gasteiger partial charge in [-0.1, -0.05) is 12.1 Å². The van der Waals surface area contributed by atoms with Gasteiger partial charge in [-0.05, 0) is 55.4 Å². The van der Waals surface area contributed by atoms with E-state index in [-0.39, 0.29) is 43.0 Å². The maximum Gasteiger partial charge on any atom is 0.262 e. The number of aromatic amines is 1. The van der Waals surface area contributed by atoms with Gasteiger partial charge in [-0.15, -0.1) is 0 Å². The Labute approximate surface area is 156 Å². The summed E-state index contributed by atoms with van der Waals surface area (Å²) in [5, 5.41) is 13.3. The number of aliphatic hydroxyl groups excluding tert-OH is 1. The number of aromatic nitrogens is 2. The number of hydrogen-bond acceptors (Lipinski definition) is 4. The third-order valence-corrected chi connectivity index (χ3v) is 6.40. The number of carbonyl (C=O) groups is 1. The van der Waals surface area contributed by atoms with Crippen molar-refractivity contribution in [1.29, 1.82) is 0 Å². The number of fused-ring (bicyclic) bond motifs is 3. The summed E-state index contributed by atoms with van der Waals surface area (Å²) in [4.78, 5) is 28.1. The van der Waals surface area contributed by atoms with Gasteiger partial charge in [0.25, 0.3) is 5.56 Å². The van der Waals surface area contributed by atoms with Crippen molar-refractivity contribution in [2.75, 3.05) is 6.61 Å². The number of para-hydroxylation sites is 1. The van der Waals surface area contributed by atoms with Crippen LogP contribution in [0.3, 0.4) is 0 Å². The highest BCUT2D eigenvalue weighted by Crippen LogP contribution is 2.48. The summed E-state index contributed by atoms with van der Waals surface area (Å²) in [5.41, 5.74) is 0.529. The predicted molar refractivity (Wildman–Crippen MR) is 101 cm³/mol. The Morgan fingerprint density at radius 3 is 2.88 bits per heavy atom. The molecule has 138 valence electrons. The second-order valence-corrected chi connectivity index (χ2v) is 7.84. The van der Waals surface area contributed by atoms with Gasteiger partial charge in [0.1, 0.15) is 0 Å². The third kappa shape index (κ3) is 2.99. The van der Waals surface area contributed by atoms with Crippen molar-refractivity contribution >= 4 is 29.0 Å². The Balaban J connectivity index is 1.46. The molecule has 0 aliphatic heterocycles. The van der Waals surface area contributed by atoms with E-state index >= 15 is 0 Å². The van der Waals surface area contributed by atoms with Crippen LogP contribution in [0.5, 0.6) is 0 Å². The number of nitrogens with zero attached hydrogens (tertiary/aromatic N) is 1. The van der Waals surface area contributed by atoms with Crippen molar-refractivity contribution < 1.29 is 9.90 Å². The molecule has 1 aromatic carbocycles. The van der Waals surface area contributed by atoms with Crippen molar-refractivity contribution in [2.45, 2.75) is 38.3 Å². The van der Waals surface area contributed by atoms with Crippen molar-refractivity contribution in [3.8, 4) is 0 Å². The Kier molecular flexibility index (Phi) is 4.67. The largest absolute Gasteiger partial charge is 0.396 e. The molecular weight excluding hydrogens is 350 g/mol. The van der Waals surface area contributed by atoms with Crippen molar-refractivity contribution in [1.82, 2.24) is 14.9 Å². The SMILES string of the molecule is O=C(CCn1c(=S)[nH]c2ccccc2c1=O)N[C@@H]1[C@H]2CC[C@@H](C2)[C@H]1CO. The first kappa shape index (κ1) is 17.4. The highest BCUT2D eigenvalue weighted by Gasteiger charge is 2.47. The number of nitrogens with one attached hydrogen (secondary N) is 2. The fourth-order valence-corrected chi connectivity index (χ4v) is 5.06. The standard InChI is InChI=1S/C19H23N3O3S/c23-10-14-11-5-6-12(9-11)17(14)21-16(24)7-8-22-18(25)13-3-1-2-4-15(13)20-19(22)26/h1-4,11-12,14,17,23H,5-10H2,(H,20,26)(H,21,24)/t11-,12-,14+,17+/m0/s1. The van der Waals surface area contributed by atoms with Gasteiger partial charge in [0.2, 0.25) is 5.91 Å². The monoisotopic (exact) mass is 373 g/mol. The molecule has 2 bridgehead atoms. The molecule has 2 fully saturated rings. The quantitative estimate of drug-likeness (QED) is 0.700. The molecule has 26 heavy (non-hydrogen) atoms. The van der Waals surface area contributed by atoms with Gasteiger partial charge in [-0.2, -0.15) is 0 Å². The van der Waals surface area contributed by atoms with Crippen LogP contribution >= 0.6 is 12.2 Å². The van der Waals surface area contributed by atoms with Crippen LogP contribution in [0.25, 0.3) is 10.9 Å². The van der Waals surface area contributed by atoms with Gasteiger partial charge in [0.05, 0.1) is 10.9 Å². The second kappa shape index (κ2) is 6.96. The normalized spacial score (nSPS) is 27.1. The lowest BCUT2D eigenvalue weighted by Gasteiger charge is -2.30. The molecule has 4 rings (SSSR count). The molecular formula is C19H23N3O3S. The number of carbonyl (C=O) groups excluding carboxylic acids is 1. The topological polar surface area (TPSA) is 87.1 Å². The zero-order valence-corrected chi connectivity index (χ0v) is 15.3. The molecule has 3 N–H and O–H groups in total. The highest BCUT2D eigenvalue weighted by molar-refractivity contribution is 7.71. The number of amides is 1. The van der Waals surface area contributed by atoms with Gasteiger partial charge >= 0.3 is 0 Å². The Bertz CT molecular complexity index is 951. The summed E-state index contributed by atoms with van der Waals surface area (Å²) < 4.78 is 1.77. The Morgan fingerprint density at radius 2 is 2.08 bits per heavy atom. The lowest BCUT2D eigenvalue weighted by atomic mass is 9.85. The molecule has 4 atom stereocenters. The molecule has 0 unspecified atom stereocenters. The number of rotatable bonds is 5. The van der Waals surface area contributed by atoms with E-state index < -0.39 is 0 Å². The summed E-state index contributed by atoms with van der Waals surface area (Å²) in [6.45, 7) is 0.372. The smallest absolute Gasteiger partial charge is 0.262 e. The zero-order chi connectivity index (χ0) is 18.3. The molecule has 1 aromatic heterocycles. The van der Waals surface area contributed by atoms with Gasteiger partial charge < -0.3 is 15.4 Å². The van der Waals surface area contributed by atoms with E-state index in [1.54, 1.807) is 6.07 Å². The van der Waals surface area contributed by atoms with Crippen LogP contribution in [0.15, 0.2) is 29.1 Å². The number of hydrogen-bond donors (Lipinski definition) is 3. The average Bonchev–Trinajstić information content (AvgIpc) is 3.23. The van der Waals surface area contributed by atoms with Gasteiger partial charge in [-0.3, -0.25) is 14.2 Å². The molecule has 0 spiro atoms.